The Kier molecular flexibility index (Phi) is 1.29. The van der Waals surface area contributed by atoms with E-state index in [1.165, 1.54) is 0 Å². The lowest BCUT2D eigenvalue weighted by atomic mass is 10.5. The molecule has 11 heavy (non-hydrogen) atoms. The van der Waals surface area contributed by atoms with E-state index in [-0.39, 0.29) is 5.15 Å². The molecule has 0 bridgehead atoms. The van der Waals surface area contributed by atoms with Gasteiger partial charge in [-0.2, -0.15) is 5.21 Å². The number of nitrogens with zero attached hydrogens (tertiary/aromatic N) is 6. The van der Waals surface area contributed by atoms with Gasteiger partial charge in [-0.3, -0.25) is 0 Å². The summed E-state index contributed by atoms with van der Waals surface area (Å²) in [7, 11) is 0. The highest BCUT2D eigenvalue weighted by Crippen LogP contribution is 2.16. The van der Waals surface area contributed by atoms with Crippen molar-refractivity contribution in [3.8, 4) is 11.5 Å². The van der Waals surface area contributed by atoms with Gasteiger partial charge in [-0.1, -0.05) is 11.6 Å². The van der Waals surface area contributed by atoms with Crippen molar-refractivity contribution in [2.24, 2.45) is 0 Å². The Labute approximate surface area is 65.2 Å². The zero-order valence-corrected chi connectivity index (χ0v) is 5.82. The predicted molar refractivity (Wildman–Crippen MR) is 33.5 cm³/mol. The molecule has 0 saturated carbocycles. The molecule has 0 radical (unpaired) electrons. The Hall–Kier alpha value is -1.50. The summed E-state index contributed by atoms with van der Waals surface area (Å²) >= 11 is 5.57. The summed E-state index contributed by atoms with van der Waals surface area (Å²) in [6.45, 7) is 0. The van der Waals surface area contributed by atoms with Crippen LogP contribution in [0.5, 0.6) is 0 Å². The van der Waals surface area contributed by atoms with Crippen molar-refractivity contribution in [1.29, 1.82) is 0 Å². The number of hydrogen-bond acceptors (Lipinski definition) is 5. The minimum absolute atomic E-state index is 0.173. The zero-order chi connectivity index (χ0) is 7.68. The molecule has 8 heteroatoms. The fourth-order valence-electron chi connectivity index (χ4n) is 0.594. The van der Waals surface area contributed by atoms with Crippen LogP contribution in [0.4, 0.5) is 0 Å². The molecule has 2 aromatic heterocycles. The second kappa shape index (κ2) is 2.27. The van der Waals surface area contributed by atoms with E-state index in [1.54, 1.807) is 0 Å². The highest BCUT2D eigenvalue weighted by atomic mass is 35.5. The van der Waals surface area contributed by atoms with Gasteiger partial charge in [0, 0.05) is 0 Å². The van der Waals surface area contributed by atoms with Gasteiger partial charge in [-0.05, 0) is 5.21 Å². The Morgan fingerprint density at radius 2 is 2.27 bits per heavy atom. The smallest absolute Gasteiger partial charge is 0.224 e. The van der Waals surface area contributed by atoms with Crippen LogP contribution in [0.25, 0.3) is 11.5 Å². The summed E-state index contributed by atoms with van der Waals surface area (Å²) in [6.07, 6.45) is 0. The van der Waals surface area contributed by atoms with Crippen molar-refractivity contribution < 1.29 is 0 Å². The molecule has 2 heterocycles. The number of hydrogen-bond donors (Lipinski definition) is 1. The van der Waals surface area contributed by atoms with E-state index in [0.29, 0.717) is 11.5 Å². The van der Waals surface area contributed by atoms with Gasteiger partial charge in [-0.25, -0.2) is 0 Å². The highest BCUT2D eigenvalue weighted by molar-refractivity contribution is 6.31. The predicted octanol–water partition coefficient (Wildman–Crippen LogP) is -0.733. The van der Waals surface area contributed by atoms with Crippen molar-refractivity contribution in [3.63, 3.8) is 0 Å². The minimum atomic E-state index is 0.173. The third-order valence-electron chi connectivity index (χ3n) is 1.03. The van der Waals surface area contributed by atoms with Gasteiger partial charge in [0.1, 0.15) is 10.8 Å². The fraction of sp³-hybridized carbons (Fsp3) is 0. The van der Waals surface area contributed by atoms with E-state index < -0.39 is 0 Å². The molecule has 2 rings (SSSR count). The second-order valence-electron chi connectivity index (χ2n) is 1.66. The van der Waals surface area contributed by atoms with Crippen LogP contribution < -0.4 is 5.21 Å². The maximum atomic E-state index is 5.57. The Morgan fingerprint density at radius 3 is 2.82 bits per heavy atom. The fourth-order valence-corrected chi connectivity index (χ4v) is 0.750. The van der Waals surface area contributed by atoms with Crippen LogP contribution >= 0.6 is 11.6 Å². The molecule has 0 aliphatic rings. The third kappa shape index (κ3) is 0.944. The van der Waals surface area contributed by atoms with Crippen LogP contribution in [-0.4, -0.2) is 30.8 Å². The minimum Gasteiger partial charge on any atom is -0.491 e. The monoisotopic (exact) mass is 170 g/mol. The largest absolute Gasteiger partial charge is 0.491 e. The van der Waals surface area contributed by atoms with Crippen molar-refractivity contribution >= 4 is 11.6 Å². The molecule has 56 valence electrons. The molecule has 0 aliphatic carbocycles. The van der Waals surface area contributed by atoms with E-state index in [4.69, 9.17) is 11.6 Å². The Balaban J connectivity index is 2.53. The maximum absolute atomic E-state index is 5.57. The lowest BCUT2D eigenvalue weighted by Gasteiger charge is -1.85. The molecule has 0 amide bonds. The molecule has 0 aliphatic heterocycles. The number of tetrazole rings is 1. The van der Waals surface area contributed by atoms with Gasteiger partial charge >= 0.3 is 0 Å². The van der Waals surface area contributed by atoms with Crippen LogP contribution in [-0.2, 0) is 0 Å². The molecule has 7 nitrogen and oxygen atoms in total. The third-order valence-corrected chi connectivity index (χ3v) is 1.28. The number of H-pyrrole nitrogens is 1. The van der Waals surface area contributed by atoms with Crippen LogP contribution in [0.1, 0.15) is 0 Å². The van der Waals surface area contributed by atoms with Crippen molar-refractivity contribution in [3.05, 3.63) is 5.15 Å². The van der Waals surface area contributed by atoms with Gasteiger partial charge < -0.3 is 15.4 Å². The first-order chi connectivity index (χ1) is 5.38. The van der Waals surface area contributed by atoms with Crippen LogP contribution in [0.15, 0.2) is 0 Å². The topological polar surface area (TPSA) is 94.3 Å². The number of nitrogens with one attached hydrogen (secondary N) is 1. The first-order valence-electron chi connectivity index (χ1n) is 2.63. The molecule has 0 atom stereocenters. The lowest BCUT2D eigenvalue weighted by Crippen LogP contribution is -1.82. The molecule has 0 saturated heterocycles. The van der Waals surface area contributed by atoms with Gasteiger partial charge in [0.15, 0.2) is 0 Å². The average molecular weight is 171 g/mol. The molecule has 1 N–H and O–H groups in total. The lowest BCUT2D eigenvalue weighted by molar-refractivity contribution is 0.881. The van der Waals surface area contributed by atoms with Crippen LogP contribution in [0.3, 0.4) is 0 Å². The molecule has 0 fully saturated rings. The normalized spacial score (nSPS) is 10.3. The summed E-state index contributed by atoms with van der Waals surface area (Å²) < 4.78 is 0. The second-order valence-corrected chi connectivity index (χ2v) is 2.02. The van der Waals surface area contributed by atoms with E-state index in [1.807, 2.05) is 0 Å². The SMILES string of the molecule is Clc1n[n-]nc1-c1nn[nH]n1. The van der Waals surface area contributed by atoms with Gasteiger partial charge in [0.05, 0.1) is 0 Å². The number of aromatic amines is 1. The van der Waals surface area contributed by atoms with E-state index >= 15 is 0 Å². The molecular formula is C3HClN7-. The summed E-state index contributed by atoms with van der Waals surface area (Å²) in [5.74, 6) is 0.292. The highest BCUT2D eigenvalue weighted by Gasteiger charge is 2.06. The summed E-state index contributed by atoms with van der Waals surface area (Å²) in [5.41, 5.74) is 0.334. The molecule has 0 aromatic carbocycles. The van der Waals surface area contributed by atoms with E-state index in [0.717, 1.165) is 0 Å². The zero-order valence-electron chi connectivity index (χ0n) is 5.06. The Bertz CT molecular complexity index is 336. The summed E-state index contributed by atoms with van der Waals surface area (Å²) in [6, 6.07) is 0. The number of aromatic nitrogens is 7. The van der Waals surface area contributed by atoms with Gasteiger partial charge in [-0.15, -0.1) is 10.2 Å². The molecular weight excluding hydrogens is 170 g/mol. The quantitative estimate of drug-likeness (QED) is 0.606. The van der Waals surface area contributed by atoms with Crippen molar-refractivity contribution in [2.45, 2.75) is 0 Å². The molecule has 0 spiro atoms. The first-order valence-corrected chi connectivity index (χ1v) is 3.01. The standard InChI is InChI=1S/C3HClN7/c4-2-1(5-9-6-2)3-7-10-11-8-3/h(H-,5,6,7,8,9,10,11)/q-1. The van der Waals surface area contributed by atoms with Crippen molar-refractivity contribution in [2.75, 3.05) is 0 Å². The molecule has 0 unspecified atom stereocenters. The van der Waals surface area contributed by atoms with Crippen molar-refractivity contribution in [1.82, 2.24) is 36.0 Å². The number of halogens is 1. The maximum Gasteiger partial charge on any atom is 0.224 e. The van der Waals surface area contributed by atoms with Crippen LogP contribution in [0.2, 0.25) is 5.15 Å². The molecule has 2 aromatic rings. The number of rotatable bonds is 1. The van der Waals surface area contributed by atoms with Gasteiger partial charge in [0.25, 0.3) is 0 Å². The first kappa shape index (κ1) is 6.23. The van der Waals surface area contributed by atoms with E-state index in [9.17, 15) is 0 Å². The average Bonchev–Trinajstić information content (AvgIpc) is 2.55. The van der Waals surface area contributed by atoms with E-state index in [2.05, 4.69) is 36.0 Å². The van der Waals surface area contributed by atoms with Crippen LogP contribution in [0, 0.1) is 0 Å². The summed E-state index contributed by atoms with van der Waals surface area (Å²) in [5, 5.41) is 23.4. The summed E-state index contributed by atoms with van der Waals surface area (Å²) in [4.78, 5) is 0. The van der Waals surface area contributed by atoms with Gasteiger partial charge in [0.2, 0.25) is 5.82 Å². The Morgan fingerprint density at radius 1 is 1.36 bits per heavy atom.